The number of nitrogens with zero attached hydrogens (tertiary/aromatic N) is 3. The zero-order valence-corrected chi connectivity index (χ0v) is 16.6. The minimum Gasteiger partial charge on any atom is -0.453 e. The molecule has 0 unspecified atom stereocenters. The number of ether oxygens (including phenoxy) is 1. The largest absolute Gasteiger partial charge is 0.453 e. The molecule has 1 amide bonds. The van der Waals surface area contributed by atoms with Crippen molar-refractivity contribution in [3.05, 3.63) is 35.6 Å². The minimum atomic E-state index is 0.172. The summed E-state index contributed by atoms with van der Waals surface area (Å²) >= 11 is 5.99. The molecular formula is C18H24ClN7O2. The second-order valence-corrected chi connectivity index (χ2v) is 6.43. The second kappa shape index (κ2) is 9.75. The van der Waals surface area contributed by atoms with E-state index in [4.69, 9.17) is 27.5 Å². The van der Waals surface area contributed by atoms with Crippen molar-refractivity contribution in [3.8, 4) is 5.75 Å². The van der Waals surface area contributed by atoms with Gasteiger partial charge >= 0.3 is 0 Å². The summed E-state index contributed by atoms with van der Waals surface area (Å²) in [5, 5.41) is 13.1. The quantitative estimate of drug-likeness (QED) is 0.424. The zero-order valence-electron chi connectivity index (χ0n) is 15.8. The van der Waals surface area contributed by atoms with Gasteiger partial charge in [-0.15, -0.1) is 0 Å². The van der Waals surface area contributed by atoms with Crippen molar-refractivity contribution in [3.63, 3.8) is 0 Å². The van der Waals surface area contributed by atoms with Crippen molar-refractivity contribution < 1.29 is 9.53 Å². The first-order valence-electron chi connectivity index (χ1n) is 8.61. The Labute approximate surface area is 168 Å². The standard InChI is InChI=1S/C9H11ClN4O.C9H13N3O/c1-5(3-11)15-6-4-14-9(12)8(13-2)7(6)10;1-12(9(13)7-2-3-7)8-6-10-4-5-11-8/h3-4,11,13H,1H2,2H3,(H2,12,14);5-7,10H,2-4H2,1H3. The van der Waals surface area contributed by atoms with Crippen LogP contribution in [0, 0.1) is 11.3 Å². The fourth-order valence-corrected chi connectivity index (χ4v) is 2.52. The normalized spacial score (nSPS) is 14.6. The van der Waals surface area contributed by atoms with E-state index >= 15 is 0 Å². The predicted molar refractivity (Wildman–Crippen MR) is 112 cm³/mol. The molecule has 9 nitrogen and oxygen atoms in total. The van der Waals surface area contributed by atoms with Crippen LogP contribution in [0.25, 0.3) is 0 Å². The van der Waals surface area contributed by atoms with Gasteiger partial charge in [-0.25, -0.2) is 9.98 Å². The van der Waals surface area contributed by atoms with Gasteiger partial charge in [0.25, 0.3) is 0 Å². The minimum absolute atomic E-state index is 0.172. The van der Waals surface area contributed by atoms with Gasteiger partial charge in [0.15, 0.2) is 5.75 Å². The Balaban J connectivity index is 0.000000202. The van der Waals surface area contributed by atoms with Crippen molar-refractivity contribution in [2.45, 2.75) is 12.8 Å². The van der Waals surface area contributed by atoms with Gasteiger partial charge in [-0.2, -0.15) is 0 Å². The molecule has 2 aliphatic rings. The van der Waals surface area contributed by atoms with E-state index in [1.54, 1.807) is 31.4 Å². The van der Waals surface area contributed by atoms with E-state index in [1.807, 2.05) is 0 Å². The van der Waals surface area contributed by atoms with Crippen LogP contribution < -0.4 is 21.1 Å². The molecule has 150 valence electrons. The molecule has 0 atom stereocenters. The molecule has 3 rings (SSSR count). The molecule has 1 fully saturated rings. The van der Waals surface area contributed by atoms with Crippen LogP contribution in [0.5, 0.6) is 5.75 Å². The maximum absolute atomic E-state index is 11.6. The number of carbonyl (C=O) groups excluding carboxylic acids is 1. The van der Waals surface area contributed by atoms with Gasteiger partial charge in [0.2, 0.25) is 5.91 Å². The average Bonchev–Trinajstić information content (AvgIpc) is 3.56. The topological polar surface area (TPSA) is 129 Å². The molecule has 2 heterocycles. The summed E-state index contributed by atoms with van der Waals surface area (Å²) < 4.78 is 5.16. The number of nitrogens with two attached hydrogens (primary N) is 1. The summed E-state index contributed by atoms with van der Waals surface area (Å²) in [6, 6.07) is 0. The third-order valence-corrected chi connectivity index (χ3v) is 4.30. The highest BCUT2D eigenvalue weighted by atomic mass is 35.5. The highest BCUT2D eigenvalue weighted by Crippen LogP contribution is 2.35. The molecule has 0 radical (unpaired) electrons. The number of rotatable bonds is 6. The van der Waals surface area contributed by atoms with Crippen molar-refractivity contribution in [2.24, 2.45) is 10.9 Å². The molecule has 0 aromatic carbocycles. The molecule has 1 aromatic heterocycles. The average molecular weight is 406 g/mol. The maximum Gasteiger partial charge on any atom is 0.231 e. The van der Waals surface area contributed by atoms with Gasteiger partial charge in [0, 0.05) is 39.0 Å². The van der Waals surface area contributed by atoms with Crippen LogP contribution in [0.3, 0.4) is 0 Å². The molecule has 1 aliphatic heterocycles. The maximum atomic E-state index is 11.6. The van der Waals surface area contributed by atoms with E-state index < -0.39 is 0 Å². The molecular weight excluding hydrogens is 382 g/mol. The van der Waals surface area contributed by atoms with Crippen LogP contribution in [0.2, 0.25) is 5.02 Å². The summed E-state index contributed by atoms with van der Waals surface area (Å²) in [6.45, 7) is 4.23. The monoisotopic (exact) mass is 405 g/mol. The predicted octanol–water partition coefficient (Wildman–Crippen LogP) is 2.23. The Kier molecular flexibility index (Phi) is 7.39. The molecule has 1 aromatic rings. The number of halogens is 1. The number of hydrogen-bond acceptors (Lipinski definition) is 8. The molecule has 28 heavy (non-hydrogen) atoms. The molecule has 10 heteroatoms. The van der Waals surface area contributed by atoms with Gasteiger partial charge in [-0.05, 0) is 12.8 Å². The number of anilines is 2. The first-order chi connectivity index (χ1) is 13.4. The van der Waals surface area contributed by atoms with E-state index in [-0.39, 0.29) is 23.4 Å². The van der Waals surface area contributed by atoms with Gasteiger partial charge in [-0.3, -0.25) is 9.69 Å². The van der Waals surface area contributed by atoms with Gasteiger partial charge in [0.05, 0.1) is 18.1 Å². The lowest BCUT2D eigenvalue weighted by molar-refractivity contribution is -0.129. The van der Waals surface area contributed by atoms with Crippen molar-refractivity contribution in [1.29, 1.82) is 5.41 Å². The first-order valence-corrected chi connectivity index (χ1v) is 8.99. The molecule has 1 aliphatic carbocycles. The first kappa shape index (κ1) is 21.2. The van der Waals surface area contributed by atoms with Crippen LogP contribution in [-0.4, -0.2) is 48.9 Å². The molecule has 1 saturated carbocycles. The lowest BCUT2D eigenvalue weighted by Crippen LogP contribution is -2.30. The third-order valence-electron chi connectivity index (χ3n) is 3.93. The summed E-state index contributed by atoms with van der Waals surface area (Å²) in [4.78, 5) is 21.2. The van der Waals surface area contributed by atoms with E-state index in [2.05, 4.69) is 27.2 Å². The zero-order chi connectivity index (χ0) is 20.7. The number of allylic oxidation sites excluding steroid dienone is 1. The highest BCUT2D eigenvalue weighted by molar-refractivity contribution is 6.35. The van der Waals surface area contributed by atoms with E-state index in [1.165, 1.54) is 6.20 Å². The molecule has 0 spiro atoms. The van der Waals surface area contributed by atoms with Crippen molar-refractivity contribution >= 4 is 41.4 Å². The van der Waals surface area contributed by atoms with Crippen LogP contribution in [0.1, 0.15) is 12.8 Å². The fraction of sp³-hybridized carbons (Fsp3) is 0.333. The van der Waals surface area contributed by atoms with E-state index in [0.717, 1.165) is 25.6 Å². The number of nitrogen functional groups attached to an aromatic ring is 1. The lowest BCUT2D eigenvalue weighted by atomic mass is 10.3. The Morgan fingerprint density at radius 3 is 2.82 bits per heavy atom. The second-order valence-electron chi connectivity index (χ2n) is 6.05. The number of pyridine rings is 1. The Bertz CT molecular complexity index is 818. The Hall–Kier alpha value is -3.07. The number of amides is 1. The highest BCUT2D eigenvalue weighted by Gasteiger charge is 2.33. The molecule has 5 N–H and O–H groups in total. The van der Waals surface area contributed by atoms with Crippen LogP contribution in [0.4, 0.5) is 11.5 Å². The van der Waals surface area contributed by atoms with Gasteiger partial charge < -0.3 is 26.5 Å². The summed E-state index contributed by atoms with van der Waals surface area (Å²) in [5.74, 6) is 1.92. The summed E-state index contributed by atoms with van der Waals surface area (Å²) in [6.07, 6.45) is 7.98. The number of aromatic nitrogens is 1. The van der Waals surface area contributed by atoms with Crippen molar-refractivity contribution in [1.82, 2.24) is 15.2 Å². The fourth-order valence-electron chi connectivity index (χ4n) is 2.24. The number of carbonyl (C=O) groups is 1. The number of hydrogen-bond donors (Lipinski definition) is 4. The van der Waals surface area contributed by atoms with Crippen LogP contribution in [0.15, 0.2) is 35.5 Å². The van der Waals surface area contributed by atoms with E-state index in [0.29, 0.717) is 22.3 Å². The van der Waals surface area contributed by atoms with Crippen molar-refractivity contribution in [2.75, 3.05) is 31.7 Å². The van der Waals surface area contributed by atoms with E-state index in [9.17, 15) is 4.79 Å². The third kappa shape index (κ3) is 5.46. The summed E-state index contributed by atoms with van der Waals surface area (Å²) in [7, 11) is 3.45. The number of nitrogens with one attached hydrogen (secondary N) is 3. The van der Waals surface area contributed by atoms with Crippen LogP contribution in [-0.2, 0) is 4.79 Å². The summed E-state index contributed by atoms with van der Waals surface area (Å²) in [5.41, 5.74) is 6.08. The van der Waals surface area contributed by atoms with Gasteiger partial charge in [-0.1, -0.05) is 18.2 Å². The SMILES string of the molecule is C=C(C=N)Oc1cnc(N)c(NC)c1Cl.CN(C(=O)C1CC1)C1=CNCC=N1. The Morgan fingerprint density at radius 2 is 2.29 bits per heavy atom. The Morgan fingerprint density at radius 1 is 1.57 bits per heavy atom. The van der Waals surface area contributed by atoms with Crippen LogP contribution >= 0.6 is 11.6 Å². The smallest absolute Gasteiger partial charge is 0.231 e. The molecule has 0 bridgehead atoms. The van der Waals surface area contributed by atoms with Gasteiger partial charge in [0.1, 0.15) is 22.4 Å². The number of aliphatic imine (C=N–C) groups is 1. The molecule has 0 saturated heterocycles. The lowest BCUT2D eigenvalue weighted by Gasteiger charge is -2.19.